The number of nitrogens with two attached hydrogens (primary N) is 1. The molecular weight excluding hydrogens is 268 g/mol. The second-order valence-corrected chi connectivity index (χ2v) is 4.60. The Balaban J connectivity index is 2.20. The standard InChI is InChI=1S/C16H20N2O3/c1-11-4-5-14(12(8-11)9-17)21-10-13-16(20-3)15(19-2)6-7-18-13/h4-8H,9-10,17H2,1-3H3. The van der Waals surface area contributed by atoms with Gasteiger partial charge in [0, 0.05) is 24.4 Å². The number of aromatic nitrogens is 1. The first-order valence-electron chi connectivity index (χ1n) is 6.67. The van der Waals surface area contributed by atoms with E-state index in [-0.39, 0.29) is 6.61 Å². The van der Waals surface area contributed by atoms with Crippen molar-refractivity contribution in [2.75, 3.05) is 14.2 Å². The van der Waals surface area contributed by atoms with E-state index in [4.69, 9.17) is 19.9 Å². The summed E-state index contributed by atoms with van der Waals surface area (Å²) in [5.41, 5.74) is 8.55. The Bertz CT molecular complexity index is 614. The molecule has 0 bridgehead atoms. The number of methoxy groups -OCH3 is 2. The van der Waals surface area contributed by atoms with E-state index >= 15 is 0 Å². The van der Waals surface area contributed by atoms with E-state index in [2.05, 4.69) is 4.98 Å². The van der Waals surface area contributed by atoms with Gasteiger partial charge in [0.05, 0.1) is 14.2 Å². The van der Waals surface area contributed by atoms with Crippen LogP contribution in [0.1, 0.15) is 16.8 Å². The number of hydrogen-bond acceptors (Lipinski definition) is 5. The van der Waals surface area contributed by atoms with Crippen molar-refractivity contribution in [3.05, 3.63) is 47.3 Å². The summed E-state index contributed by atoms with van der Waals surface area (Å²) in [4.78, 5) is 4.29. The summed E-state index contributed by atoms with van der Waals surface area (Å²) >= 11 is 0. The van der Waals surface area contributed by atoms with E-state index in [9.17, 15) is 0 Å². The molecule has 0 saturated heterocycles. The van der Waals surface area contributed by atoms with E-state index in [0.717, 1.165) is 16.9 Å². The molecule has 0 aliphatic rings. The van der Waals surface area contributed by atoms with Crippen LogP contribution < -0.4 is 19.9 Å². The molecule has 1 heterocycles. The van der Waals surface area contributed by atoms with Crippen molar-refractivity contribution in [3.63, 3.8) is 0 Å². The highest BCUT2D eigenvalue weighted by atomic mass is 16.5. The largest absolute Gasteiger partial charge is 0.493 e. The van der Waals surface area contributed by atoms with Crippen LogP contribution in [0, 0.1) is 6.92 Å². The van der Waals surface area contributed by atoms with Gasteiger partial charge in [-0.2, -0.15) is 0 Å². The molecule has 2 rings (SSSR count). The fourth-order valence-electron chi connectivity index (χ4n) is 2.11. The molecule has 0 aliphatic heterocycles. The van der Waals surface area contributed by atoms with Crippen LogP contribution in [0.4, 0.5) is 0 Å². The third kappa shape index (κ3) is 3.44. The first-order chi connectivity index (χ1) is 10.2. The van der Waals surface area contributed by atoms with Crippen molar-refractivity contribution < 1.29 is 14.2 Å². The lowest BCUT2D eigenvalue weighted by molar-refractivity contribution is 0.282. The van der Waals surface area contributed by atoms with E-state index in [1.165, 1.54) is 0 Å². The van der Waals surface area contributed by atoms with Crippen LogP contribution in [-0.4, -0.2) is 19.2 Å². The van der Waals surface area contributed by atoms with Crippen LogP contribution >= 0.6 is 0 Å². The first kappa shape index (κ1) is 15.1. The summed E-state index contributed by atoms with van der Waals surface area (Å²) in [6.07, 6.45) is 1.67. The highest BCUT2D eigenvalue weighted by Gasteiger charge is 2.12. The van der Waals surface area contributed by atoms with E-state index in [0.29, 0.717) is 23.7 Å². The van der Waals surface area contributed by atoms with Crippen molar-refractivity contribution in [3.8, 4) is 17.2 Å². The zero-order chi connectivity index (χ0) is 15.2. The molecule has 0 saturated carbocycles. The lowest BCUT2D eigenvalue weighted by atomic mass is 10.1. The molecule has 0 spiro atoms. The fraction of sp³-hybridized carbons (Fsp3) is 0.312. The van der Waals surface area contributed by atoms with Crippen molar-refractivity contribution in [2.45, 2.75) is 20.1 Å². The molecule has 2 aromatic rings. The monoisotopic (exact) mass is 288 g/mol. The number of aryl methyl sites for hydroxylation is 1. The van der Waals surface area contributed by atoms with Gasteiger partial charge in [0.15, 0.2) is 11.5 Å². The zero-order valence-electron chi connectivity index (χ0n) is 12.6. The van der Waals surface area contributed by atoms with Gasteiger partial charge in [-0.15, -0.1) is 0 Å². The van der Waals surface area contributed by atoms with Gasteiger partial charge in [-0.3, -0.25) is 4.98 Å². The van der Waals surface area contributed by atoms with E-state index < -0.39 is 0 Å². The molecular formula is C16H20N2O3. The highest BCUT2D eigenvalue weighted by molar-refractivity contribution is 5.43. The zero-order valence-corrected chi connectivity index (χ0v) is 12.6. The third-order valence-electron chi connectivity index (χ3n) is 3.17. The Hall–Kier alpha value is -2.27. The average molecular weight is 288 g/mol. The number of pyridine rings is 1. The van der Waals surface area contributed by atoms with Gasteiger partial charge < -0.3 is 19.9 Å². The number of ether oxygens (including phenoxy) is 3. The lowest BCUT2D eigenvalue weighted by Crippen LogP contribution is -2.06. The molecule has 5 heteroatoms. The normalized spacial score (nSPS) is 10.3. The maximum Gasteiger partial charge on any atom is 0.185 e. The molecule has 0 atom stereocenters. The smallest absolute Gasteiger partial charge is 0.185 e. The fourth-order valence-corrected chi connectivity index (χ4v) is 2.11. The minimum Gasteiger partial charge on any atom is -0.493 e. The van der Waals surface area contributed by atoms with E-state index in [1.807, 2.05) is 25.1 Å². The third-order valence-corrected chi connectivity index (χ3v) is 3.17. The molecule has 0 amide bonds. The lowest BCUT2D eigenvalue weighted by Gasteiger charge is -2.14. The van der Waals surface area contributed by atoms with Gasteiger partial charge in [0.1, 0.15) is 18.1 Å². The second kappa shape index (κ2) is 6.95. The van der Waals surface area contributed by atoms with Crippen LogP contribution in [-0.2, 0) is 13.2 Å². The molecule has 1 aromatic carbocycles. The highest BCUT2D eigenvalue weighted by Crippen LogP contribution is 2.30. The number of rotatable bonds is 6. The van der Waals surface area contributed by atoms with Crippen LogP contribution in [0.3, 0.4) is 0 Å². The van der Waals surface area contributed by atoms with Crippen molar-refractivity contribution in [1.82, 2.24) is 4.98 Å². The van der Waals surface area contributed by atoms with Crippen LogP contribution in [0.15, 0.2) is 30.5 Å². The van der Waals surface area contributed by atoms with Gasteiger partial charge in [0.25, 0.3) is 0 Å². The molecule has 5 nitrogen and oxygen atoms in total. The topological polar surface area (TPSA) is 66.6 Å². The molecule has 112 valence electrons. The molecule has 0 fully saturated rings. The number of benzene rings is 1. The summed E-state index contributed by atoms with van der Waals surface area (Å²) < 4.78 is 16.4. The SMILES string of the molecule is COc1ccnc(COc2ccc(C)cc2CN)c1OC. The maximum absolute atomic E-state index is 5.83. The van der Waals surface area contributed by atoms with Gasteiger partial charge in [-0.1, -0.05) is 17.7 Å². The Kier molecular flexibility index (Phi) is 5.00. The predicted molar refractivity (Wildman–Crippen MR) is 80.7 cm³/mol. The second-order valence-electron chi connectivity index (χ2n) is 4.60. The number of hydrogen-bond donors (Lipinski definition) is 1. The minimum absolute atomic E-state index is 0.288. The quantitative estimate of drug-likeness (QED) is 0.884. The van der Waals surface area contributed by atoms with Crippen molar-refractivity contribution in [1.29, 1.82) is 0 Å². The molecule has 2 N–H and O–H groups in total. The predicted octanol–water partition coefficient (Wildman–Crippen LogP) is 2.44. The van der Waals surface area contributed by atoms with Crippen LogP contribution in [0.5, 0.6) is 17.2 Å². The minimum atomic E-state index is 0.288. The summed E-state index contributed by atoms with van der Waals surface area (Å²) in [5.74, 6) is 1.98. The van der Waals surface area contributed by atoms with Gasteiger partial charge in [-0.25, -0.2) is 0 Å². The van der Waals surface area contributed by atoms with Crippen molar-refractivity contribution >= 4 is 0 Å². The molecule has 21 heavy (non-hydrogen) atoms. The van der Waals surface area contributed by atoms with Gasteiger partial charge >= 0.3 is 0 Å². The maximum atomic E-state index is 5.83. The molecule has 0 radical (unpaired) electrons. The average Bonchev–Trinajstić information content (AvgIpc) is 2.52. The Morgan fingerprint density at radius 1 is 1.10 bits per heavy atom. The number of nitrogens with zero attached hydrogens (tertiary/aromatic N) is 1. The van der Waals surface area contributed by atoms with Gasteiger partial charge in [0.2, 0.25) is 0 Å². The Morgan fingerprint density at radius 3 is 2.57 bits per heavy atom. The summed E-state index contributed by atoms with van der Waals surface area (Å²) in [6, 6.07) is 7.68. The molecule has 1 aromatic heterocycles. The molecule has 0 aliphatic carbocycles. The van der Waals surface area contributed by atoms with Gasteiger partial charge in [-0.05, 0) is 13.0 Å². The summed E-state index contributed by atoms with van der Waals surface area (Å²) in [5, 5.41) is 0. The van der Waals surface area contributed by atoms with E-state index in [1.54, 1.807) is 26.5 Å². The van der Waals surface area contributed by atoms with Crippen LogP contribution in [0.25, 0.3) is 0 Å². The summed E-state index contributed by atoms with van der Waals surface area (Å²) in [6.45, 7) is 2.74. The van der Waals surface area contributed by atoms with Crippen LogP contribution in [0.2, 0.25) is 0 Å². The van der Waals surface area contributed by atoms with Crippen molar-refractivity contribution in [2.24, 2.45) is 5.73 Å². The Labute approximate surface area is 124 Å². The summed E-state index contributed by atoms with van der Waals surface area (Å²) in [7, 11) is 3.18. The first-order valence-corrected chi connectivity index (χ1v) is 6.67. The molecule has 0 unspecified atom stereocenters. The Morgan fingerprint density at radius 2 is 1.90 bits per heavy atom.